The third kappa shape index (κ3) is 4.62. The SMILES string of the molecule is CCn1c(SCC(=O)Nc2cc(Cl)ccc2Cl)nnc1C(C)C. The van der Waals surface area contributed by atoms with Crippen molar-refractivity contribution in [2.45, 2.75) is 38.4 Å². The zero-order valence-corrected chi connectivity index (χ0v) is 15.5. The van der Waals surface area contributed by atoms with Crippen LogP contribution in [0.2, 0.25) is 10.0 Å². The molecule has 0 fully saturated rings. The summed E-state index contributed by atoms with van der Waals surface area (Å²) >= 11 is 13.3. The molecule has 0 saturated heterocycles. The van der Waals surface area contributed by atoms with E-state index in [1.54, 1.807) is 18.2 Å². The summed E-state index contributed by atoms with van der Waals surface area (Å²) in [6.45, 7) is 6.94. The van der Waals surface area contributed by atoms with Gasteiger partial charge in [-0.1, -0.05) is 48.8 Å². The van der Waals surface area contributed by atoms with Crippen molar-refractivity contribution in [1.82, 2.24) is 14.8 Å². The monoisotopic (exact) mass is 372 g/mol. The summed E-state index contributed by atoms with van der Waals surface area (Å²) in [5.74, 6) is 1.26. The quantitative estimate of drug-likeness (QED) is 0.760. The minimum absolute atomic E-state index is 0.170. The van der Waals surface area contributed by atoms with Gasteiger partial charge in [-0.25, -0.2) is 0 Å². The third-order valence-electron chi connectivity index (χ3n) is 3.11. The summed E-state index contributed by atoms with van der Waals surface area (Å²) in [6, 6.07) is 4.94. The highest BCUT2D eigenvalue weighted by Crippen LogP contribution is 2.26. The first-order valence-corrected chi connectivity index (χ1v) is 8.97. The van der Waals surface area contributed by atoms with Crippen LogP contribution in [-0.2, 0) is 11.3 Å². The van der Waals surface area contributed by atoms with Crippen LogP contribution in [0.25, 0.3) is 0 Å². The van der Waals surface area contributed by atoms with Crippen molar-refractivity contribution in [3.05, 3.63) is 34.1 Å². The lowest BCUT2D eigenvalue weighted by atomic mass is 10.2. The lowest BCUT2D eigenvalue weighted by Gasteiger charge is -2.10. The molecule has 0 saturated carbocycles. The van der Waals surface area contributed by atoms with Crippen molar-refractivity contribution in [3.63, 3.8) is 0 Å². The molecule has 1 amide bonds. The van der Waals surface area contributed by atoms with Gasteiger partial charge in [-0.15, -0.1) is 10.2 Å². The van der Waals surface area contributed by atoms with Gasteiger partial charge in [0.1, 0.15) is 5.82 Å². The van der Waals surface area contributed by atoms with Crippen LogP contribution < -0.4 is 5.32 Å². The lowest BCUT2D eigenvalue weighted by Crippen LogP contribution is -2.15. The van der Waals surface area contributed by atoms with Crippen molar-refractivity contribution in [2.24, 2.45) is 0 Å². The van der Waals surface area contributed by atoms with Gasteiger partial charge in [0, 0.05) is 17.5 Å². The number of aromatic nitrogens is 3. The van der Waals surface area contributed by atoms with Crippen molar-refractivity contribution < 1.29 is 4.79 Å². The lowest BCUT2D eigenvalue weighted by molar-refractivity contribution is -0.113. The molecule has 2 aromatic rings. The molecule has 0 aliphatic rings. The maximum absolute atomic E-state index is 12.1. The van der Waals surface area contributed by atoms with E-state index in [1.807, 2.05) is 11.5 Å². The molecule has 1 N–H and O–H groups in total. The molecule has 124 valence electrons. The highest BCUT2D eigenvalue weighted by atomic mass is 35.5. The molecular weight excluding hydrogens is 355 g/mol. The zero-order valence-electron chi connectivity index (χ0n) is 13.1. The molecule has 0 bridgehead atoms. The Bertz CT molecular complexity index is 703. The number of nitrogens with one attached hydrogen (secondary N) is 1. The predicted molar refractivity (Wildman–Crippen MR) is 95.6 cm³/mol. The Hall–Kier alpha value is -1.24. The van der Waals surface area contributed by atoms with Crippen molar-refractivity contribution >= 4 is 46.6 Å². The van der Waals surface area contributed by atoms with Gasteiger partial charge < -0.3 is 9.88 Å². The average Bonchev–Trinajstić information content (AvgIpc) is 2.92. The van der Waals surface area contributed by atoms with Crippen LogP contribution in [0.15, 0.2) is 23.4 Å². The first kappa shape index (κ1) is 18.1. The Morgan fingerprint density at radius 2 is 2.09 bits per heavy atom. The topological polar surface area (TPSA) is 59.8 Å². The molecule has 0 aliphatic carbocycles. The number of nitrogens with zero attached hydrogens (tertiary/aromatic N) is 3. The Labute approximate surface area is 149 Å². The number of rotatable bonds is 6. The Balaban J connectivity index is 2.01. The molecule has 1 aromatic heterocycles. The van der Waals surface area contributed by atoms with E-state index in [0.717, 1.165) is 17.5 Å². The average molecular weight is 373 g/mol. The fraction of sp³-hybridized carbons (Fsp3) is 0.400. The summed E-state index contributed by atoms with van der Waals surface area (Å²) < 4.78 is 2.02. The van der Waals surface area contributed by atoms with Gasteiger partial charge in [-0.05, 0) is 25.1 Å². The van der Waals surface area contributed by atoms with Gasteiger partial charge in [-0.2, -0.15) is 0 Å². The van der Waals surface area contributed by atoms with Crippen LogP contribution in [0, 0.1) is 0 Å². The smallest absolute Gasteiger partial charge is 0.234 e. The largest absolute Gasteiger partial charge is 0.324 e. The Morgan fingerprint density at radius 3 is 2.74 bits per heavy atom. The zero-order chi connectivity index (χ0) is 17.0. The number of halogens is 2. The second kappa shape index (κ2) is 8.04. The molecule has 0 aliphatic heterocycles. The number of anilines is 1. The number of hydrogen-bond acceptors (Lipinski definition) is 4. The second-order valence-corrected chi connectivity index (χ2v) is 6.99. The van der Waals surface area contributed by atoms with Gasteiger partial charge in [0.2, 0.25) is 5.91 Å². The van der Waals surface area contributed by atoms with Gasteiger partial charge in [0.05, 0.1) is 16.5 Å². The van der Waals surface area contributed by atoms with Gasteiger partial charge in [0.15, 0.2) is 5.16 Å². The number of amides is 1. The molecule has 23 heavy (non-hydrogen) atoms. The fourth-order valence-corrected chi connectivity index (χ4v) is 3.19. The highest BCUT2D eigenvalue weighted by molar-refractivity contribution is 7.99. The second-order valence-electron chi connectivity index (χ2n) is 5.20. The first-order chi connectivity index (χ1) is 10.9. The van der Waals surface area contributed by atoms with Crippen molar-refractivity contribution in [1.29, 1.82) is 0 Å². The van der Waals surface area contributed by atoms with Gasteiger partial charge >= 0.3 is 0 Å². The Morgan fingerprint density at radius 1 is 1.35 bits per heavy atom. The van der Waals surface area contributed by atoms with Gasteiger partial charge in [0.25, 0.3) is 0 Å². The van der Waals surface area contributed by atoms with Crippen LogP contribution in [-0.4, -0.2) is 26.4 Å². The van der Waals surface area contributed by atoms with Crippen LogP contribution in [0.1, 0.15) is 32.5 Å². The molecule has 1 aromatic carbocycles. The number of benzene rings is 1. The molecule has 0 spiro atoms. The molecule has 0 unspecified atom stereocenters. The normalized spacial score (nSPS) is 11.0. The summed E-state index contributed by atoms with van der Waals surface area (Å²) in [6.07, 6.45) is 0. The summed E-state index contributed by atoms with van der Waals surface area (Å²) in [5, 5.41) is 12.8. The molecular formula is C15H18Cl2N4OS. The number of hydrogen-bond donors (Lipinski definition) is 1. The van der Waals surface area contributed by atoms with Crippen LogP contribution in [0.4, 0.5) is 5.69 Å². The predicted octanol–water partition coefficient (Wildman–Crippen LogP) is 4.46. The first-order valence-electron chi connectivity index (χ1n) is 7.23. The van der Waals surface area contributed by atoms with Crippen molar-refractivity contribution in [2.75, 3.05) is 11.1 Å². The minimum Gasteiger partial charge on any atom is -0.324 e. The summed E-state index contributed by atoms with van der Waals surface area (Å²) in [4.78, 5) is 12.1. The van der Waals surface area contributed by atoms with E-state index >= 15 is 0 Å². The maximum Gasteiger partial charge on any atom is 0.234 e. The minimum atomic E-state index is -0.170. The van der Waals surface area contributed by atoms with E-state index in [1.165, 1.54) is 11.8 Å². The number of carbonyl (C=O) groups excluding carboxylic acids is 1. The third-order valence-corrected chi connectivity index (χ3v) is 4.64. The molecule has 0 radical (unpaired) electrons. The maximum atomic E-state index is 12.1. The molecule has 5 nitrogen and oxygen atoms in total. The molecule has 0 atom stereocenters. The van der Waals surface area contributed by atoms with E-state index in [4.69, 9.17) is 23.2 Å². The van der Waals surface area contributed by atoms with Crippen LogP contribution >= 0.6 is 35.0 Å². The fourth-order valence-electron chi connectivity index (χ4n) is 2.04. The van der Waals surface area contributed by atoms with Crippen molar-refractivity contribution in [3.8, 4) is 0 Å². The van der Waals surface area contributed by atoms with E-state index < -0.39 is 0 Å². The number of carbonyl (C=O) groups is 1. The van der Waals surface area contributed by atoms with E-state index in [9.17, 15) is 4.79 Å². The summed E-state index contributed by atoms with van der Waals surface area (Å²) in [5.41, 5.74) is 0.504. The molecule has 2 rings (SSSR count). The van der Waals surface area contributed by atoms with Crippen LogP contribution in [0.5, 0.6) is 0 Å². The van der Waals surface area contributed by atoms with Crippen LogP contribution in [0.3, 0.4) is 0 Å². The standard InChI is InChI=1S/C15H18Cl2N4OS/c1-4-21-14(9(2)3)19-20-15(21)23-8-13(22)18-12-7-10(16)5-6-11(12)17/h5-7,9H,4,8H2,1-3H3,(H,18,22). The molecule has 1 heterocycles. The summed E-state index contributed by atoms with van der Waals surface area (Å²) in [7, 11) is 0. The Kier molecular flexibility index (Phi) is 6.33. The van der Waals surface area contributed by atoms with Gasteiger partial charge in [-0.3, -0.25) is 4.79 Å². The van der Waals surface area contributed by atoms with E-state index in [0.29, 0.717) is 15.7 Å². The molecule has 8 heteroatoms. The highest BCUT2D eigenvalue weighted by Gasteiger charge is 2.15. The van der Waals surface area contributed by atoms with E-state index in [-0.39, 0.29) is 17.6 Å². The van der Waals surface area contributed by atoms with E-state index in [2.05, 4.69) is 29.4 Å². The number of thioether (sulfide) groups is 1.